The Hall–Kier alpha value is -1.26. The lowest BCUT2D eigenvalue weighted by atomic mass is 9.48. The molecule has 1 amide bonds. The van der Waals surface area contributed by atoms with Crippen LogP contribution in [0, 0.1) is 41.4 Å². The third-order valence-corrected chi connectivity index (χ3v) is 10.5. The SMILES string of the molecule is Cc1ccc(SOCC2CCC3C4CCC5N(C)C(=O)C=CC5(C)C4CCC23C)cc1. The number of hydrogen-bond acceptors (Lipinski definition) is 3. The van der Waals surface area contributed by atoms with Crippen LogP contribution in [0.5, 0.6) is 0 Å². The molecule has 1 aromatic carbocycles. The molecule has 7 unspecified atom stereocenters. The topological polar surface area (TPSA) is 29.5 Å². The van der Waals surface area contributed by atoms with E-state index >= 15 is 0 Å². The molecule has 0 spiro atoms. The molecule has 168 valence electrons. The molecule has 31 heavy (non-hydrogen) atoms. The molecule has 3 saturated carbocycles. The van der Waals surface area contributed by atoms with Crippen LogP contribution in [-0.4, -0.2) is 30.5 Å². The Morgan fingerprint density at radius 3 is 2.61 bits per heavy atom. The van der Waals surface area contributed by atoms with Crippen LogP contribution in [0.3, 0.4) is 0 Å². The number of carbonyl (C=O) groups excluding carboxylic acids is 1. The van der Waals surface area contributed by atoms with Crippen molar-refractivity contribution in [2.45, 2.75) is 70.2 Å². The van der Waals surface area contributed by atoms with Crippen LogP contribution >= 0.6 is 12.0 Å². The number of fused-ring (bicyclic) bond motifs is 5. The standard InChI is InChI=1S/C27H37NO2S/c1-18-5-8-20(9-6-18)31-30-17-19-7-11-22-21-10-12-24-27(3,16-14-25(29)28(24)4)23(21)13-15-26(19,22)2/h5-6,8-9,14,16,19,21-24H,7,10-13,15,17H2,1-4H3. The summed E-state index contributed by atoms with van der Waals surface area (Å²) in [5, 5.41) is 0. The molecule has 3 aliphatic carbocycles. The fourth-order valence-electron chi connectivity index (χ4n) is 7.90. The van der Waals surface area contributed by atoms with Gasteiger partial charge < -0.3 is 9.08 Å². The molecule has 3 fully saturated rings. The quantitative estimate of drug-likeness (QED) is 0.518. The van der Waals surface area contributed by atoms with Crippen molar-refractivity contribution >= 4 is 17.9 Å². The second-order valence-corrected chi connectivity index (χ2v) is 12.0. The minimum absolute atomic E-state index is 0.142. The summed E-state index contributed by atoms with van der Waals surface area (Å²) < 4.78 is 6.19. The van der Waals surface area contributed by atoms with Crippen molar-refractivity contribution in [1.82, 2.24) is 4.90 Å². The molecule has 4 aliphatic rings. The van der Waals surface area contributed by atoms with E-state index in [2.05, 4.69) is 51.1 Å². The van der Waals surface area contributed by atoms with Crippen molar-refractivity contribution in [2.75, 3.05) is 13.7 Å². The lowest BCUT2D eigenvalue weighted by Gasteiger charge is -2.60. The van der Waals surface area contributed by atoms with E-state index in [4.69, 9.17) is 4.18 Å². The molecule has 1 aliphatic heterocycles. The summed E-state index contributed by atoms with van der Waals surface area (Å²) in [6.45, 7) is 7.98. The Morgan fingerprint density at radius 1 is 1.06 bits per heavy atom. The van der Waals surface area contributed by atoms with E-state index in [0.717, 1.165) is 24.9 Å². The number of amides is 1. The largest absolute Gasteiger partial charge is 0.338 e. The minimum atomic E-state index is 0.142. The number of rotatable bonds is 4. The Morgan fingerprint density at radius 2 is 1.84 bits per heavy atom. The highest BCUT2D eigenvalue weighted by Gasteiger charge is 2.60. The van der Waals surface area contributed by atoms with Crippen molar-refractivity contribution in [3.63, 3.8) is 0 Å². The number of carbonyl (C=O) groups is 1. The molecule has 4 heteroatoms. The van der Waals surface area contributed by atoms with E-state index in [0.29, 0.717) is 23.3 Å². The highest BCUT2D eigenvalue weighted by atomic mass is 32.2. The van der Waals surface area contributed by atoms with E-state index in [1.807, 2.05) is 18.0 Å². The fourth-order valence-corrected chi connectivity index (χ4v) is 8.51. The van der Waals surface area contributed by atoms with Crippen LogP contribution in [0.2, 0.25) is 0 Å². The summed E-state index contributed by atoms with van der Waals surface area (Å²) in [4.78, 5) is 15.5. The third-order valence-electron chi connectivity index (χ3n) is 9.77. The first-order chi connectivity index (χ1) is 14.8. The molecule has 0 radical (unpaired) electrons. The van der Waals surface area contributed by atoms with Crippen LogP contribution in [0.1, 0.15) is 57.9 Å². The molecule has 7 atom stereocenters. The van der Waals surface area contributed by atoms with Gasteiger partial charge in [-0.3, -0.25) is 4.79 Å². The Labute approximate surface area is 192 Å². The summed E-state index contributed by atoms with van der Waals surface area (Å²) in [5.41, 5.74) is 1.83. The smallest absolute Gasteiger partial charge is 0.246 e. The summed E-state index contributed by atoms with van der Waals surface area (Å²) in [6.07, 6.45) is 11.8. The lowest BCUT2D eigenvalue weighted by Crippen LogP contribution is -2.59. The van der Waals surface area contributed by atoms with E-state index in [-0.39, 0.29) is 11.3 Å². The minimum Gasteiger partial charge on any atom is -0.338 e. The maximum Gasteiger partial charge on any atom is 0.246 e. The van der Waals surface area contributed by atoms with E-state index < -0.39 is 0 Å². The molecule has 0 aromatic heterocycles. The molecule has 0 N–H and O–H groups in total. The van der Waals surface area contributed by atoms with Gasteiger partial charge in [-0.1, -0.05) is 37.6 Å². The predicted molar refractivity (Wildman–Crippen MR) is 127 cm³/mol. The number of likely N-dealkylation sites (N-methyl/N-ethyl adjacent to an activating group) is 1. The Balaban J connectivity index is 1.28. The van der Waals surface area contributed by atoms with Crippen molar-refractivity contribution < 1.29 is 8.98 Å². The van der Waals surface area contributed by atoms with Crippen LogP contribution in [0.4, 0.5) is 0 Å². The number of nitrogens with zero attached hydrogens (tertiary/aromatic N) is 1. The van der Waals surface area contributed by atoms with Gasteiger partial charge >= 0.3 is 0 Å². The van der Waals surface area contributed by atoms with E-state index in [1.54, 1.807) is 12.0 Å². The first-order valence-electron chi connectivity index (χ1n) is 12.1. The van der Waals surface area contributed by atoms with Gasteiger partial charge in [-0.15, -0.1) is 0 Å². The molecular weight excluding hydrogens is 402 g/mol. The van der Waals surface area contributed by atoms with E-state index in [9.17, 15) is 4.79 Å². The highest BCUT2D eigenvalue weighted by Crippen LogP contribution is 2.65. The third kappa shape index (κ3) is 3.49. The average Bonchev–Trinajstić information content (AvgIpc) is 3.09. The first kappa shape index (κ1) is 21.6. The zero-order chi connectivity index (χ0) is 21.8. The van der Waals surface area contributed by atoms with Gasteiger partial charge in [0, 0.05) is 35.4 Å². The van der Waals surface area contributed by atoms with Crippen molar-refractivity contribution in [2.24, 2.45) is 34.5 Å². The van der Waals surface area contributed by atoms with Crippen LogP contribution in [0.15, 0.2) is 41.3 Å². The summed E-state index contributed by atoms with van der Waals surface area (Å²) in [5.74, 6) is 3.15. The molecule has 3 nitrogen and oxygen atoms in total. The van der Waals surface area contributed by atoms with Gasteiger partial charge in [0.15, 0.2) is 0 Å². The summed E-state index contributed by atoms with van der Waals surface area (Å²) in [6, 6.07) is 9.00. The van der Waals surface area contributed by atoms with Gasteiger partial charge in [0.1, 0.15) is 0 Å². The monoisotopic (exact) mass is 439 g/mol. The van der Waals surface area contributed by atoms with E-state index in [1.165, 1.54) is 42.6 Å². The second kappa shape index (κ2) is 7.95. The predicted octanol–water partition coefficient (Wildman–Crippen LogP) is 6.27. The molecule has 0 saturated heterocycles. The number of hydrogen-bond donors (Lipinski definition) is 0. The number of aryl methyl sites for hydroxylation is 1. The van der Waals surface area contributed by atoms with Gasteiger partial charge in [-0.25, -0.2) is 0 Å². The highest BCUT2D eigenvalue weighted by molar-refractivity contribution is 7.94. The van der Waals surface area contributed by atoms with Gasteiger partial charge in [0.2, 0.25) is 5.91 Å². The zero-order valence-electron chi connectivity index (χ0n) is 19.5. The molecule has 5 rings (SSSR count). The second-order valence-electron chi connectivity index (χ2n) is 11.1. The maximum atomic E-state index is 12.3. The zero-order valence-corrected chi connectivity index (χ0v) is 20.3. The summed E-state index contributed by atoms with van der Waals surface area (Å²) in [7, 11) is 2.01. The van der Waals surface area contributed by atoms with Crippen molar-refractivity contribution in [1.29, 1.82) is 0 Å². The fraction of sp³-hybridized carbons (Fsp3) is 0.667. The number of benzene rings is 1. The van der Waals surface area contributed by atoms with Gasteiger partial charge in [-0.2, -0.15) is 0 Å². The van der Waals surface area contributed by atoms with Crippen LogP contribution in [-0.2, 0) is 8.98 Å². The van der Waals surface area contributed by atoms with Crippen LogP contribution < -0.4 is 0 Å². The first-order valence-corrected chi connectivity index (χ1v) is 12.9. The van der Waals surface area contributed by atoms with Gasteiger partial charge in [0.25, 0.3) is 0 Å². The van der Waals surface area contributed by atoms with Crippen LogP contribution in [0.25, 0.3) is 0 Å². The molecule has 1 aromatic rings. The normalized spacial score (nSPS) is 41.6. The van der Waals surface area contributed by atoms with Gasteiger partial charge in [-0.05, 0) is 92.7 Å². The van der Waals surface area contributed by atoms with Crippen molar-refractivity contribution in [3.8, 4) is 0 Å². The van der Waals surface area contributed by atoms with Crippen molar-refractivity contribution in [3.05, 3.63) is 42.0 Å². The lowest BCUT2D eigenvalue weighted by molar-refractivity contribution is -0.139. The Kier molecular flexibility index (Phi) is 5.53. The summed E-state index contributed by atoms with van der Waals surface area (Å²) >= 11 is 1.54. The van der Waals surface area contributed by atoms with Gasteiger partial charge in [0.05, 0.1) is 6.61 Å². The Bertz CT molecular complexity index is 866. The molecule has 0 bridgehead atoms. The maximum absolute atomic E-state index is 12.3. The molecular formula is C27H37NO2S. The molecule has 1 heterocycles. The average molecular weight is 440 g/mol.